The third-order valence-electron chi connectivity index (χ3n) is 3.66. The van der Waals surface area contributed by atoms with Gasteiger partial charge in [0.25, 0.3) is 0 Å². The van der Waals surface area contributed by atoms with Gasteiger partial charge in [-0.3, -0.25) is 4.79 Å². The van der Waals surface area contributed by atoms with Gasteiger partial charge in [0.1, 0.15) is 0 Å². The molecule has 0 bridgehead atoms. The normalized spacial score (nSPS) is 13.8. The Hall–Kier alpha value is -1.75. The molecule has 110 valence electrons. The molecule has 2 rings (SSSR count). The summed E-state index contributed by atoms with van der Waals surface area (Å²) >= 11 is 0. The summed E-state index contributed by atoms with van der Waals surface area (Å²) in [4.78, 5) is 14.0. The first-order valence-electron chi connectivity index (χ1n) is 6.85. The molecule has 0 radical (unpaired) electrons. The quantitative estimate of drug-likeness (QED) is 0.879. The monoisotopic (exact) mass is 278 g/mol. The molecule has 20 heavy (non-hydrogen) atoms. The van der Waals surface area contributed by atoms with Crippen LogP contribution in [0.4, 0.5) is 0 Å². The minimum Gasteiger partial charge on any atom is -0.493 e. The van der Waals surface area contributed by atoms with Crippen LogP contribution in [0.1, 0.15) is 17.5 Å². The lowest BCUT2D eigenvalue weighted by atomic mass is 9.98. The van der Waals surface area contributed by atoms with E-state index in [1.165, 1.54) is 5.56 Å². The molecule has 1 aromatic carbocycles. The third kappa shape index (κ3) is 3.04. The van der Waals surface area contributed by atoms with Gasteiger partial charge in [0.15, 0.2) is 11.5 Å². The number of nitrogens with zero attached hydrogens (tertiary/aromatic N) is 1. The Morgan fingerprint density at radius 3 is 2.50 bits per heavy atom. The molecule has 1 heterocycles. The molecule has 0 saturated carbocycles. The predicted molar refractivity (Wildman–Crippen MR) is 77.2 cm³/mol. The van der Waals surface area contributed by atoms with Crippen molar-refractivity contribution >= 4 is 5.91 Å². The lowest BCUT2D eigenvalue weighted by molar-refractivity contribution is -0.132. The van der Waals surface area contributed by atoms with Crippen LogP contribution in [-0.4, -0.2) is 45.2 Å². The van der Waals surface area contributed by atoms with E-state index in [0.717, 1.165) is 30.0 Å². The van der Waals surface area contributed by atoms with Crippen molar-refractivity contribution in [2.24, 2.45) is 0 Å². The largest absolute Gasteiger partial charge is 0.493 e. The number of carbonyl (C=O) groups is 1. The van der Waals surface area contributed by atoms with Gasteiger partial charge in [-0.05, 0) is 36.7 Å². The van der Waals surface area contributed by atoms with Gasteiger partial charge in [-0.25, -0.2) is 0 Å². The van der Waals surface area contributed by atoms with E-state index in [-0.39, 0.29) is 5.91 Å². The van der Waals surface area contributed by atoms with Crippen molar-refractivity contribution in [3.05, 3.63) is 23.3 Å². The zero-order valence-corrected chi connectivity index (χ0v) is 12.4. The summed E-state index contributed by atoms with van der Waals surface area (Å²) in [7, 11) is 5.12. The predicted octanol–water partition coefficient (Wildman–Crippen LogP) is 1.20. The summed E-state index contributed by atoms with van der Waals surface area (Å²) in [5.74, 6) is 1.66. The first-order chi connectivity index (χ1) is 9.69. The summed E-state index contributed by atoms with van der Waals surface area (Å²) in [5.41, 5.74) is 2.38. The van der Waals surface area contributed by atoms with E-state index in [1.807, 2.05) is 24.1 Å². The molecular formula is C15H22N2O3. The number of methoxy groups -OCH3 is 2. The fraction of sp³-hybridized carbons (Fsp3) is 0.533. The van der Waals surface area contributed by atoms with E-state index in [0.29, 0.717) is 19.5 Å². The molecule has 5 nitrogen and oxygen atoms in total. The Morgan fingerprint density at radius 1 is 1.25 bits per heavy atom. The van der Waals surface area contributed by atoms with Gasteiger partial charge in [0.05, 0.1) is 14.2 Å². The van der Waals surface area contributed by atoms with Crippen molar-refractivity contribution in [2.45, 2.75) is 19.4 Å². The molecule has 0 spiro atoms. The SMILES string of the molecule is CNCCC(=O)N1CCc2cc(OC)c(OC)cc2C1. The minimum atomic E-state index is 0.194. The Kier molecular flexibility index (Phi) is 4.84. The molecule has 1 aromatic rings. The molecule has 0 unspecified atom stereocenters. The standard InChI is InChI=1S/C15H22N2O3/c1-16-6-4-15(18)17-7-5-11-8-13(19-2)14(20-3)9-12(11)10-17/h8-9,16H,4-7,10H2,1-3H3. The molecule has 1 aliphatic heterocycles. The first-order valence-corrected chi connectivity index (χ1v) is 6.85. The molecule has 1 amide bonds. The molecule has 0 aliphatic carbocycles. The van der Waals surface area contributed by atoms with Crippen molar-refractivity contribution in [3.63, 3.8) is 0 Å². The van der Waals surface area contributed by atoms with Gasteiger partial charge < -0.3 is 19.7 Å². The van der Waals surface area contributed by atoms with Crippen LogP contribution >= 0.6 is 0 Å². The van der Waals surface area contributed by atoms with Gasteiger partial charge in [-0.2, -0.15) is 0 Å². The third-order valence-corrected chi connectivity index (χ3v) is 3.66. The first kappa shape index (κ1) is 14.7. The van der Waals surface area contributed by atoms with Crippen LogP contribution in [0.3, 0.4) is 0 Å². The molecule has 0 aromatic heterocycles. The highest BCUT2D eigenvalue weighted by atomic mass is 16.5. The number of hydrogen-bond donors (Lipinski definition) is 1. The lowest BCUT2D eigenvalue weighted by Crippen LogP contribution is -2.37. The average Bonchev–Trinajstić information content (AvgIpc) is 2.50. The maximum atomic E-state index is 12.1. The van der Waals surface area contributed by atoms with Gasteiger partial charge in [-0.15, -0.1) is 0 Å². The van der Waals surface area contributed by atoms with E-state index in [9.17, 15) is 4.79 Å². The maximum absolute atomic E-state index is 12.1. The van der Waals surface area contributed by atoms with Crippen molar-refractivity contribution in [1.29, 1.82) is 0 Å². The van der Waals surface area contributed by atoms with Crippen LogP contribution in [0.25, 0.3) is 0 Å². The van der Waals surface area contributed by atoms with Crippen molar-refractivity contribution in [3.8, 4) is 11.5 Å². The van der Waals surface area contributed by atoms with Crippen LogP contribution in [0.2, 0.25) is 0 Å². The van der Waals surface area contributed by atoms with Crippen molar-refractivity contribution < 1.29 is 14.3 Å². The molecular weight excluding hydrogens is 256 g/mol. The molecule has 1 N–H and O–H groups in total. The molecule has 1 aliphatic rings. The Bertz CT molecular complexity index is 488. The average molecular weight is 278 g/mol. The highest BCUT2D eigenvalue weighted by Gasteiger charge is 2.22. The number of nitrogens with one attached hydrogen (secondary N) is 1. The summed E-state index contributed by atoms with van der Waals surface area (Å²) < 4.78 is 10.6. The summed E-state index contributed by atoms with van der Waals surface area (Å²) in [5, 5.41) is 3.01. The zero-order chi connectivity index (χ0) is 14.5. The Morgan fingerprint density at radius 2 is 1.90 bits per heavy atom. The molecule has 0 atom stereocenters. The minimum absolute atomic E-state index is 0.194. The Labute approximate surface area is 119 Å². The highest BCUT2D eigenvalue weighted by molar-refractivity contribution is 5.76. The highest BCUT2D eigenvalue weighted by Crippen LogP contribution is 2.33. The van der Waals surface area contributed by atoms with Crippen LogP contribution in [0, 0.1) is 0 Å². The van der Waals surface area contributed by atoms with Gasteiger partial charge in [-0.1, -0.05) is 0 Å². The van der Waals surface area contributed by atoms with E-state index >= 15 is 0 Å². The second-order valence-electron chi connectivity index (χ2n) is 4.89. The maximum Gasteiger partial charge on any atom is 0.224 e. The van der Waals surface area contributed by atoms with Crippen molar-refractivity contribution in [2.75, 3.05) is 34.4 Å². The summed E-state index contributed by atoms with van der Waals surface area (Å²) in [6, 6.07) is 4.00. The van der Waals surface area contributed by atoms with Crippen LogP contribution in [-0.2, 0) is 17.8 Å². The van der Waals surface area contributed by atoms with E-state index in [4.69, 9.17) is 9.47 Å². The summed E-state index contributed by atoms with van der Waals surface area (Å²) in [6.45, 7) is 2.14. The van der Waals surface area contributed by atoms with Crippen molar-refractivity contribution in [1.82, 2.24) is 10.2 Å². The van der Waals surface area contributed by atoms with Gasteiger partial charge in [0, 0.05) is 26.1 Å². The van der Waals surface area contributed by atoms with E-state index < -0.39 is 0 Å². The van der Waals surface area contributed by atoms with Crippen LogP contribution in [0.15, 0.2) is 12.1 Å². The molecule has 0 fully saturated rings. The summed E-state index contributed by atoms with van der Waals surface area (Å²) in [6.07, 6.45) is 1.40. The topological polar surface area (TPSA) is 50.8 Å². The van der Waals surface area contributed by atoms with E-state index in [1.54, 1.807) is 14.2 Å². The number of hydrogen-bond acceptors (Lipinski definition) is 4. The van der Waals surface area contributed by atoms with Gasteiger partial charge >= 0.3 is 0 Å². The number of benzene rings is 1. The molecule has 0 saturated heterocycles. The number of amides is 1. The number of carbonyl (C=O) groups excluding carboxylic acids is 1. The number of rotatable bonds is 5. The smallest absolute Gasteiger partial charge is 0.224 e. The second kappa shape index (κ2) is 6.61. The van der Waals surface area contributed by atoms with Gasteiger partial charge in [0.2, 0.25) is 5.91 Å². The number of ether oxygens (including phenoxy) is 2. The second-order valence-corrected chi connectivity index (χ2v) is 4.89. The van der Waals surface area contributed by atoms with Crippen LogP contribution < -0.4 is 14.8 Å². The number of fused-ring (bicyclic) bond motifs is 1. The molecule has 5 heteroatoms. The van der Waals surface area contributed by atoms with E-state index in [2.05, 4.69) is 5.32 Å². The fourth-order valence-corrected chi connectivity index (χ4v) is 2.49. The lowest BCUT2D eigenvalue weighted by Gasteiger charge is -2.29. The Balaban J connectivity index is 2.15. The fourth-order valence-electron chi connectivity index (χ4n) is 2.49. The van der Waals surface area contributed by atoms with Crippen LogP contribution in [0.5, 0.6) is 11.5 Å². The zero-order valence-electron chi connectivity index (χ0n) is 12.4.